The quantitative estimate of drug-likeness (QED) is 0.219. The Balaban J connectivity index is 1.30. The minimum Gasteiger partial charge on any atom is -0.490 e. The number of aromatic nitrogens is 4. The lowest BCUT2D eigenvalue weighted by atomic mass is 9.85. The van der Waals surface area contributed by atoms with Crippen LogP contribution >= 0.6 is 0 Å². The van der Waals surface area contributed by atoms with Crippen LogP contribution in [0.3, 0.4) is 0 Å². The Hall–Kier alpha value is -4.80. The number of para-hydroxylation sites is 2. The van der Waals surface area contributed by atoms with E-state index in [1.165, 1.54) is 0 Å². The molecule has 0 spiro atoms. The Labute approximate surface area is 250 Å². The normalized spacial score (nSPS) is 15.2. The summed E-state index contributed by atoms with van der Waals surface area (Å²) in [6.07, 6.45) is 6.43. The zero-order valence-corrected chi connectivity index (χ0v) is 24.5. The molecule has 3 heterocycles. The summed E-state index contributed by atoms with van der Waals surface area (Å²) in [4.78, 5) is 31.3. The molecule has 0 saturated carbocycles. The van der Waals surface area contributed by atoms with Gasteiger partial charge in [-0.15, -0.1) is 0 Å². The van der Waals surface area contributed by atoms with Crippen molar-refractivity contribution >= 4 is 23.6 Å². The number of halogens is 1. The van der Waals surface area contributed by atoms with Gasteiger partial charge in [-0.05, 0) is 63.8 Å². The average Bonchev–Trinajstić information content (AvgIpc) is 2.99. The first-order valence-electron chi connectivity index (χ1n) is 14.3. The fraction of sp³-hybridized carbons (Fsp3) is 0.344. The van der Waals surface area contributed by atoms with Gasteiger partial charge >= 0.3 is 5.97 Å². The van der Waals surface area contributed by atoms with Crippen LogP contribution in [0.5, 0.6) is 11.5 Å². The zero-order valence-electron chi connectivity index (χ0n) is 24.5. The first-order valence-corrected chi connectivity index (χ1v) is 14.3. The minimum atomic E-state index is -0.965. The van der Waals surface area contributed by atoms with Gasteiger partial charge in [-0.25, -0.2) is 19.3 Å². The van der Waals surface area contributed by atoms with Crippen molar-refractivity contribution in [3.05, 3.63) is 78.5 Å². The van der Waals surface area contributed by atoms with Crippen LogP contribution in [0, 0.1) is 11.2 Å². The molecule has 2 N–H and O–H groups in total. The zero-order chi connectivity index (χ0) is 30.4. The van der Waals surface area contributed by atoms with E-state index in [1.807, 2.05) is 37.3 Å². The number of nitrogens with zero attached hydrogens (tertiary/aromatic N) is 5. The van der Waals surface area contributed by atoms with Gasteiger partial charge in [0.25, 0.3) is 0 Å². The first-order chi connectivity index (χ1) is 20.7. The molecule has 1 aliphatic heterocycles. The molecule has 2 aromatic heterocycles. The Morgan fingerprint density at radius 1 is 1.12 bits per heavy atom. The van der Waals surface area contributed by atoms with Crippen molar-refractivity contribution < 1.29 is 23.8 Å². The van der Waals surface area contributed by atoms with Gasteiger partial charge in [0.15, 0.2) is 23.1 Å². The third kappa shape index (κ3) is 7.35. The maximum atomic E-state index is 14.9. The van der Waals surface area contributed by atoms with Crippen LogP contribution in [0.25, 0.3) is 11.3 Å². The standard InChI is InChI=1S/C32H35FN6O4/c1-4-42-25-12-5-6-13-26(25)43-23-11-8-14-39(20-23)28-19-34-18-27(36-28)37-31-35-17-24(33)29(38-31)22-10-7-9-21(15-22)16-32(2,3)30(40)41/h5-7,9-10,12-13,15,17-19,23H,4,8,11,14,16,20H2,1-3H3,(H,40,41)(H,35,36,37,38). The number of carbonyl (C=O) groups is 1. The van der Waals surface area contributed by atoms with E-state index in [0.717, 1.165) is 42.6 Å². The average molecular weight is 587 g/mol. The van der Waals surface area contributed by atoms with Crippen molar-refractivity contribution in [2.24, 2.45) is 5.41 Å². The van der Waals surface area contributed by atoms with E-state index in [0.29, 0.717) is 30.4 Å². The van der Waals surface area contributed by atoms with E-state index in [9.17, 15) is 14.3 Å². The van der Waals surface area contributed by atoms with Gasteiger partial charge in [0.05, 0.1) is 37.2 Å². The van der Waals surface area contributed by atoms with Crippen molar-refractivity contribution in [3.63, 3.8) is 0 Å². The summed E-state index contributed by atoms with van der Waals surface area (Å²) in [5, 5.41) is 12.5. The lowest BCUT2D eigenvalue weighted by Gasteiger charge is -2.33. The molecule has 0 bridgehead atoms. The SMILES string of the molecule is CCOc1ccccc1OC1CCCN(c2cncc(Nc3ncc(F)c(-c4cccc(CC(C)(C)C(=O)O)c4)n3)n2)C1. The van der Waals surface area contributed by atoms with E-state index in [2.05, 4.69) is 25.2 Å². The Bertz CT molecular complexity index is 1580. The largest absolute Gasteiger partial charge is 0.490 e. The lowest BCUT2D eigenvalue weighted by molar-refractivity contribution is -0.146. The molecule has 10 nitrogen and oxygen atoms in total. The minimum absolute atomic E-state index is 0.0476. The molecule has 1 saturated heterocycles. The van der Waals surface area contributed by atoms with E-state index >= 15 is 0 Å². The fourth-order valence-corrected chi connectivity index (χ4v) is 4.97. The van der Waals surface area contributed by atoms with Gasteiger partial charge in [-0.1, -0.05) is 30.3 Å². The molecule has 1 atom stereocenters. The third-order valence-electron chi connectivity index (χ3n) is 7.18. The highest BCUT2D eigenvalue weighted by Crippen LogP contribution is 2.31. The molecule has 224 valence electrons. The van der Waals surface area contributed by atoms with E-state index < -0.39 is 17.2 Å². The molecular weight excluding hydrogens is 551 g/mol. The smallest absolute Gasteiger partial charge is 0.309 e. The highest BCUT2D eigenvalue weighted by molar-refractivity contribution is 5.74. The molecule has 0 aliphatic carbocycles. The second kappa shape index (κ2) is 13.0. The predicted molar refractivity (Wildman–Crippen MR) is 161 cm³/mol. The van der Waals surface area contributed by atoms with Crippen molar-refractivity contribution in [1.82, 2.24) is 19.9 Å². The maximum Gasteiger partial charge on any atom is 0.309 e. The number of hydrogen-bond acceptors (Lipinski definition) is 9. The van der Waals surface area contributed by atoms with E-state index in [1.54, 1.807) is 44.4 Å². The van der Waals surface area contributed by atoms with Crippen LogP contribution in [-0.4, -0.2) is 56.8 Å². The summed E-state index contributed by atoms with van der Waals surface area (Å²) in [6.45, 7) is 7.25. The van der Waals surface area contributed by atoms with Gasteiger partial charge < -0.3 is 24.8 Å². The van der Waals surface area contributed by atoms with Gasteiger partial charge in [0.2, 0.25) is 5.95 Å². The molecular formula is C32H35FN6O4. The number of nitrogens with one attached hydrogen (secondary N) is 1. The number of piperidine rings is 1. The molecule has 1 fully saturated rings. The predicted octanol–water partition coefficient (Wildman–Crippen LogP) is 5.92. The number of rotatable bonds is 11. The Morgan fingerprint density at radius 2 is 1.93 bits per heavy atom. The van der Waals surface area contributed by atoms with Crippen LogP contribution in [0.15, 0.2) is 67.1 Å². The Morgan fingerprint density at radius 3 is 2.72 bits per heavy atom. The molecule has 1 unspecified atom stereocenters. The fourth-order valence-electron chi connectivity index (χ4n) is 4.97. The van der Waals surface area contributed by atoms with E-state index in [4.69, 9.17) is 14.5 Å². The summed E-state index contributed by atoms with van der Waals surface area (Å²) in [5.41, 5.74) is 0.418. The van der Waals surface area contributed by atoms with Gasteiger partial charge in [-0.2, -0.15) is 0 Å². The molecule has 1 aliphatic rings. The van der Waals surface area contributed by atoms with E-state index in [-0.39, 0.29) is 24.2 Å². The van der Waals surface area contributed by atoms with Crippen molar-refractivity contribution in [3.8, 4) is 22.8 Å². The Kier molecular flexibility index (Phi) is 8.98. The van der Waals surface area contributed by atoms with Crippen LogP contribution in [0.4, 0.5) is 22.0 Å². The van der Waals surface area contributed by atoms with Gasteiger partial charge in [-0.3, -0.25) is 9.78 Å². The van der Waals surface area contributed by atoms with Crippen LogP contribution in [-0.2, 0) is 11.2 Å². The molecule has 0 radical (unpaired) electrons. The van der Waals surface area contributed by atoms with Gasteiger partial charge in [0.1, 0.15) is 17.6 Å². The van der Waals surface area contributed by atoms with Crippen molar-refractivity contribution in [2.45, 2.75) is 46.1 Å². The first kappa shape index (κ1) is 29.7. The maximum absolute atomic E-state index is 14.9. The number of aliphatic carboxylic acids is 1. The second-order valence-electron chi connectivity index (χ2n) is 11.1. The summed E-state index contributed by atoms with van der Waals surface area (Å²) in [7, 11) is 0. The molecule has 2 aromatic carbocycles. The number of hydrogen-bond donors (Lipinski definition) is 2. The number of anilines is 3. The van der Waals surface area contributed by atoms with Crippen LogP contribution in [0.2, 0.25) is 0 Å². The molecule has 0 amide bonds. The second-order valence-corrected chi connectivity index (χ2v) is 11.1. The number of ether oxygens (including phenoxy) is 2. The topological polar surface area (TPSA) is 123 Å². The summed E-state index contributed by atoms with van der Waals surface area (Å²) < 4.78 is 26.9. The highest BCUT2D eigenvalue weighted by Gasteiger charge is 2.28. The summed E-state index contributed by atoms with van der Waals surface area (Å²) in [5.74, 6) is 1.20. The number of carboxylic acids is 1. The lowest BCUT2D eigenvalue weighted by Crippen LogP contribution is -2.41. The molecule has 5 rings (SSSR count). The molecule has 4 aromatic rings. The molecule has 11 heteroatoms. The monoisotopic (exact) mass is 586 g/mol. The molecule has 43 heavy (non-hydrogen) atoms. The summed E-state index contributed by atoms with van der Waals surface area (Å²) >= 11 is 0. The van der Waals surface area contributed by atoms with Gasteiger partial charge in [0, 0.05) is 12.1 Å². The van der Waals surface area contributed by atoms with Crippen LogP contribution < -0.4 is 19.7 Å². The number of carboxylic acid groups (broad SMARTS) is 1. The summed E-state index contributed by atoms with van der Waals surface area (Å²) in [6, 6.07) is 14.7. The van der Waals surface area contributed by atoms with Crippen molar-refractivity contribution in [1.29, 1.82) is 0 Å². The number of benzene rings is 2. The van der Waals surface area contributed by atoms with Crippen molar-refractivity contribution in [2.75, 3.05) is 29.9 Å². The third-order valence-corrected chi connectivity index (χ3v) is 7.18. The van der Waals surface area contributed by atoms with Crippen LogP contribution in [0.1, 0.15) is 39.2 Å². The highest BCUT2D eigenvalue weighted by atomic mass is 19.1.